The molecule has 2 N–H and O–H groups in total. The predicted molar refractivity (Wildman–Crippen MR) is 127 cm³/mol. The van der Waals surface area contributed by atoms with Crippen molar-refractivity contribution in [3.8, 4) is 0 Å². The van der Waals surface area contributed by atoms with Crippen LogP contribution in [0.4, 0.5) is 0 Å². The highest BCUT2D eigenvalue weighted by molar-refractivity contribution is 7.99. The zero-order valence-electron chi connectivity index (χ0n) is 16.9. The molecule has 0 bridgehead atoms. The summed E-state index contributed by atoms with van der Waals surface area (Å²) in [6.07, 6.45) is 3.98. The van der Waals surface area contributed by atoms with Crippen molar-refractivity contribution < 1.29 is 4.79 Å². The van der Waals surface area contributed by atoms with Gasteiger partial charge in [0, 0.05) is 24.4 Å². The van der Waals surface area contributed by atoms with E-state index in [0.717, 1.165) is 37.0 Å². The van der Waals surface area contributed by atoms with Crippen LogP contribution in [-0.4, -0.2) is 27.8 Å². The molecule has 0 saturated carbocycles. The molecule has 0 radical (unpaired) electrons. The quantitative estimate of drug-likeness (QED) is 0.252. The zero-order valence-corrected chi connectivity index (χ0v) is 18.6. The fourth-order valence-corrected chi connectivity index (χ4v) is 4.39. The number of H-pyrrole nitrogens is 1. The molecule has 158 valence electrons. The molecular weight excluding hydrogens is 414 g/mol. The zero-order chi connectivity index (χ0) is 21.2. The summed E-state index contributed by atoms with van der Waals surface area (Å²) in [4.78, 5) is 28.9. The van der Waals surface area contributed by atoms with E-state index in [-0.39, 0.29) is 11.5 Å². The topological polar surface area (TPSA) is 66.9 Å². The largest absolute Gasteiger partial charge is 0.356 e. The predicted octanol–water partition coefficient (Wildman–Crippen LogP) is 4.92. The minimum Gasteiger partial charge on any atom is -0.356 e. The van der Waals surface area contributed by atoms with Crippen LogP contribution in [0.1, 0.15) is 32.1 Å². The SMILES string of the molecule is O=C(CCCCCn1c(=S)[nH]c2ccccc2c1=O)NCCCSc1ccccc1. The minimum atomic E-state index is -0.0551. The number of hydrogen-bond donors (Lipinski definition) is 2. The van der Waals surface area contributed by atoms with E-state index in [4.69, 9.17) is 12.2 Å². The highest BCUT2D eigenvalue weighted by Crippen LogP contribution is 2.17. The number of para-hydroxylation sites is 1. The number of benzene rings is 2. The van der Waals surface area contributed by atoms with E-state index in [1.54, 1.807) is 4.57 Å². The summed E-state index contributed by atoms with van der Waals surface area (Å²) in [6.45, 7) is 1.28. The van der Waals surface area contributed by atoms with E-state index in [0.29, 0.717) is 29.7 Å². The molecule has 7 heteroatoms. The number of nitrogens with one attached hydrogen (secondary N) is 2. The van der Waals surface area contributed by atoms with E-state index in [9.17, 15) is 9.59 Å². The molecule has 0 atom stereocenters. The van der Waals surface area contributed by atoms with Gasteiger partial charge in [0.2, 0.25) is 5.91 Å². The summed E-state index contributed by atoms with van der Waals surface area (Å²) in [5, 5.41) is 3.64. The standard InChI is InChI=1S/C23H27N3O2S2/c27-21(24-15-9-17-30-18-10-3-1-4-11-18)14-5-2-8-16-26-22(28)19-12-6-7-13-20(19)25-23(26)29/h1,3-4,6-7,10-13H,2,5,8-9,14-17H2,(H,24,27)(H,25,29). The van der Waals surface area contributed by atoms with Crippen molar-refractivity contribution in [1.29, 1.82) is 0 Å². The molecule has 1 aromatic heterocycles. The number of fused-ring (bicyclic) bond motifs is 1. The number of rotatable bonds is 11. The lowest BCUT2D eigenvalue weighted by molar-refractivity contribution is -0.121. The molecule has 0 aliphatic heterocycles. The first-order chi connectivity index (χ1) is 14.6. The van der Waals surface area contributed by atoms with Crippen molar-refractivity contribution in [3.05, 3.63) is 69.7 Å². The Bertz CT molecular complexity index is 1080. The van der Waals surface area contributed by atoms with Gasteiger partial charge in [-0.3, -0.25) is 14.2 Å². The summed E-state index contributed by atoms with van der Waals surface area (Å²) in [5.41, 5.74) is 0.711. The maximum Gasteiger partial charge on any atom is 0.262 e. The van der Waals surface area contributed by atoms with Gasteiger partial charge in [0.15, 0.2) is 4.77 Å². The average molecular weight is 442 g/mol. The number of thioether (sulfide) groups is 1. The Labute approximate surface area is 185 Å². The van der Waals surface area contributed by atoms with Gasteiger partial charge >= 0.3 is 0 Å². The second-order valence-electron chi connectivity index (χ2n) is 7.11. The number of carbonyl (C=O) groups excluding carboxylic acids is 1. The van der Waals surface area contributed by atoms with Crippen molar-refractivity contribution in [1.82, 2.24) is 14.9 Å². The van der Waals surface area contributed by atoms with Crippen molar-refractivity contribution in [3.63, 3.8) is 0 Å². The van der Waals surface area contributed by atoms with Gasteiger partial charge in [0.05, 0.1) is 10.9 Å². The molecule has 1 heterocycles. The Hall–Kier alpha value is -2.38. The van der Waals surface area contributed by atoms with Gasteiger partial charge in [-0.2, -0.15) is 0 Å². The minimum absolute atomic E-state index is 0.0551. The van der Waals surface area contributed by atoms with Crippen LogP contribution in [-0.2, 0) is 11.3 Å². The molecule has 2 aromatic carbocycles. The summed E-state index contributed by atoms with van der Waals surface area (Å²) in [6, 6.07) is 17.7. The Morgan fingerprint density at radius 1 is 1.00 bits per heavy atom. The van der Waals surface area contributed by atoms with Crippen LogP contribution in [0.15, 0.2) is 64.3 Å². The number of unbranched alkanes of at least 4 members (excludes halogenated alkanes) is 2. The van der Waals surface area contributed by atoms with Crippen LogP contribution in [0.2, 0.25) is 0 Å². The highest BCUT2D eigenvalue weighted by atomic mass is 32.2. The molecule has 0 unspecified atom stereocenters. The van der Waals surface area contributed by atoms with Crippen LogP contribution < -0.4 is 10.9 Å². The van der Waals surface area contributed by atoms with E-state index in [1.165, 1.54) is 4.90 Å². The van der Waals surface area contributed by atoms with E-state index >= 15 is 0 Å². The van der Waals surface area contributed by atoms with E-state index in [2.05, 4.69) is 22.4 Å². The fourth-order valence-electron chi connectivity index (χ4n) is 3.23. The molecule has 0 spiro atoms. The third-order valence-electron chi connectivity index (χ3n) is 4.83. The van der Waals surface area contributed by atoms with Crippen molar-refractivity contribution >= 4 is 40.8 Å². The molecule has 3 rings (SSSR count). The van der Waals surface area contributed by atoms with Crippen molar-refractivity contribution in [2.45, 2.75) is 43.5 Å². The Balaban J connectivity index is 1.31. The number of aromatic nitrogens is 2. The number of amides is 1. The summed E-state index contributed by atoms with van der Waals surface area (Å²) >= 11 is 7.14. The van der Waals surface area contributed by atoms with Crippen LogP contribution in [0, 0.1) is 4.77 Å². The number of carbonyl (C=O) groups is 1. The van der Waals surface area contributed by atoms with E-state index < -0.39 is 0 Å². The molecule has 0 fully saturated rings. The van der Waals surface area contributed by atoms with Crippen LogP contribution in [0.3, 0.4) is 0 Å². The van der Waals surface area contributed by atoms with Crippen LogP contribution in [0.5, 0.6) is 0 Å². The summed E-state index contributed by atoms with van der Waals surface area (Å²) in [7, 11) is 0. The second-order valence-corrected chi connectivity index (χ2v) is 8.66. The fraction of sp³-hybridized carbons (Fsp3) is 0.348. The lowest BCUT2D eigenvalue weighted by Crippen LogP contribution is -2.24. The Kier molecular flexibility index (Phi) is 8.71. The number of hydrogen-bond acceptors (Lipinski definition) is 4. The number of aromatic amines is 1. The summed E-state index contributed by atoms with van der Waals surface area (Å²) < 4.78 is 2.06. The normalized spacial score (nSPS) is 10.9. The maximum atomic E-state index is 12.6. The number of nitrogens with zero attached hydrogens (tertiary/aromatic N) is 1. The second kappa shape index (κ2) is 11.7. The Morgan fingerprint density at radius 3 is 2.60 bits per heavy atom. The third-order valence-corrected chi connectivity index (χ3v) is 6.25. The lowest BCUT2D eigenvalue weighted by atomic mass is 10.2. The van der Waals surface area contributed by atoms with Crippen LogP contribution >= 0.6 is 24.0 Å². The van der Waals surface area contributed by atoms with Crippen molar-refractivity contribution in [2.75, 3.05) is 12.3 Å². The van der Waals surface area contributed by atoms with Gasteiger partial charge in [-0.05, 0) is 61.5 Å². The maximum absolute atomic E-state index is 12.6. The van der Waals surface area contributed by atoms with Gasteiger partial charge in [-0.25, -0.2) is 0 Å². The highest BCUT2D eigenvalue weighted by Gasteiger charge is 2.05. The van der Waals surface area contributed by atoms with Gasteiger partial charge in [-0.1, -0.05) is 36.8 Å². The molecule has 0 aliphatic carbocycles. The van der Waals surface area contributed by atoms with Crippen LogP contribution in [0.25, 0.3) is 10.9 Å². The molecule has 30 heavy (non-hydrogen) atoms. The average Bonchev–Trinajstić information content (AvgIpc) is 2.76. The lowest BCUT2D eigenvalue weighted by Gasteiger charge is -2.08. The first kappa shape index (κ1) is 22.3. The third kappa shape index (κ3) is 6.57. The van der Waals surface area contributed by atoms with E-state index in [1.807, 2.05) is 54.2 Å². The molecule has 0 saturated heterocycles. The van der Waals surface area contributed by atoms with Gasteiger partial charge < -0.3 is 10.3 Å². The molecule has 5 nitrogen and oxygen atoms in total. The smallest absolute Gasteiger partial charge is 0.262 e. The van der Waals surface area contributed by atoms with Gasteiger partial charge in [0.25, 0.3) is 5.56 Å². The first-order valence-electron chi connectivity index (χ1n) is 10.3. The molecule has 1 amide bonds. The monoisotopic (exact) mass is 441 g/mol. The molecular formula is C23H27N3O2S2. The molecule has 0 aliphatic rings. The van der Waals surface area contributed by atoms with Gasteiger partial charge in [0.1, 0.15) is 0 Å². The van der Waals surface area contributed by atoms with Crippen molar-refractivity contribution in [2.24, 2.45) is 0 Å². The first-order valence-corrected chi connectivity index (χ1v) is 11.7. The molecule has 3 aromatic rings. The van der Waals surface area contributed by atoms with Gasteiger partial charge in [-0.15, -0.1) is 11.8 Å². The Morgan fingerprint density at radius 2 is 1.77 bits per heavy atom. The summed E-state index contributed by atoms with van der Waals surface area (Å²) in [5.74, 6) is 1.09.